The number of thioether (sulfide) groups is 2. The zero-order valence-electron chi connectivity index (χ0n) is 18.9. The van der Waals surface area contributed by atoms with Crippen LogP contribution in [0.25, 0.3) is 0 Å². The van der Waals surface area contributed by atoms with Crippen LogP contribution in [0, 0.1) is 0 Å². The predicted molar refractivity (Wildman–Crippen MR) is 141 cm³/mol. The lowest BCUT2D eigenvalue weighted by Crippen LogP contribution is -2.16. The molecule has 0 spiro atoms. The van der Waals surface area contributed by atoms with E-state index >= 15 is 0 Å². The summed E-state index contributed by atoms with van der Waals surface area (Å²) in [6.07, 6.45) is 1.47. The number of carbonyl (C=O) groups is 1. The van der Waals surface area contributed by atoms with Crippen LogP contribution < -0.4 is 21.3 Å². The highest BCUT2D eigenvalue weighted by molar-refractivity contribution is 8.00. The molecule has 2 heterocycles. The number of nitrogens with zero attached hydrogens (tertiary/aromatic N) is 6. The fourth-order valence-electron chi connectivity index (χ4n) is 2.73. The van der Waals surface area contributed by atoms with Crippen molar-refractivity contribution in [2.24, 2.45) is 5.10 Å². The maximum Gasteiger partial charge on any atom is 0.264 e. The Morgan fingerprint density at radius 1 is 1.19 bits per heavy atom. The van der Waals surface area contributed by atoms with E-state index in [9.17, 15) is 9.90 Å². The number of carbonyl (C=O) groups excluding carboxylic acids is 1. The smallest absolute Gasteiger partial charge is 0.264 e. The van der Waals surface area contributed by atoms with Gasteiger partial charge in [-0.05, 0) is 29.3 Å². The lowest BCUT2D eigenvalue weighted by molar-refractivity contribution is -0.113. The monoisotopic (exact) mass is 543 g/mol. The van der Waals surface area contributed by atoms with Crippen molar-refractivity contribution in [1.29, 1.82) is 0 Å². The van der Waals surface area contributed by atoms with Crippen molar-refractivity contribution in [1.82, 2.24) is 25.1 Å². The Morgan fingerprint density at radius 3 is 2.81 bits per heavy atom. The number of benzene rings is 2. The summed E-state index contributed by atoms with van der Waals surface area (Å²) in [6, 6.07) is 14.9. The number of nitrogens with one attached hydrogen (secondary N) is 2. The third-order valence-corrected chi connectivity index (χ3v) is 7.42. The summed E-state index contributed by atoms with van der Waals surface area (Å²) < 4.78 is 6.96. The van der Waals surface area contributed by atoms with E-state index in [0.717, 1.165) is 21.9 Å². The number of hydrazone groups is 1. The van der Waals surface area contributed by atoms with Gasteiger partial charge in [-0.15, -0.1) is 20.4 Å². The Morgan fingerprint density at radius 2 is 2.03 bits per heavy atom. The fourth-order valence-corrected chi connectivity index (χ4v) is 5.11. The number of nitrogen functional groups attached to an aromatic ring is 1. The maximum absolute atomic E-state index is 12.3. The normalized spacial score (nSPS) is 11.0. The number of nitrogens with two attached hydrogens (primary N) is 1. The summed E-state index contributed by atoms with van der Waals surface area (Å²) in [5.41, 5.74) is 4.49. The molecule has 5 N–H and O–H groups in total. The Labute approximate surface area is 218 Å². The molecule has 0 atom stereocenters. The van der Waals surface area contributed by atoms with E-state index < -0.39 is 0 Å². The second kappa shape index (κ2) is 12.2. The number of hydrogen-bond donors (Lipinski definition) is 4. The van der Waals surface area contributed by atoms with Gasteiger partial charge in [-0.3, -0.25) is 10.1 Å². The Kier molecular flexibility index (Phi) is 8.59. The lowest BCUT2D eigenvalue weighted by Gasteiger charge is -2.04. The van der Waals surface area contributed by atoms with Crippen LogP contribution >= 0.6 is 34.9 Å². The average Bonchev–Trinajstić information content (AvgIpc) is 3.48. The number of amides is 1. The van der Waals surface area contributed by atoms with Crippen molar-refractivity contribution in [3.8, 4) is 11.5 Å². The number of anilines is 2. The van der Waals surface area contributed by atoms with Gasteiger partial charge < -0.3 is 15.7 Å². The quantitative estimate of drug-likeness (QED) is 0.0722. The zero-order valence-corrected chi connectivity index (χ0v) is 21.3. The average molecular weight is 544 g/mol. The van der Waals surface area contributed by atoms with Crippen molar-refractivity contribution in [3.05, 3.63) is 59.7 Å². The van der Waals surface area contributed by atoms with E-state index in [-0.39, 0.29) is 23.4 Å². The van der Waals surface area contributed by atoms with Gasteiger partial charge in [-0.2, -0.15) is 5.10 Å². The van der Waals surface area contributed by atoms with Crippen LogP contribution in [0.1, 0.15) is 11.1 Å². The van der Waals surface area contributed by atoms with Crippen LogP contribution in [0.3, 0.4) is 0 Å². The van der Waals surface area contributed by atoms with Gasteiger partial charge in [0.15, 0.2) is 15.8 Å². The molecule has 4 rings (SSSR count). The summed E-state index contributed by atoms with van der Waals surface area (Å²) >= 11 is 3.98. The summed E-state index contributed by atoms with van der Waals surface area (Å²) in [4.78, 5) is 12.3. The third-order valence-electron chi connectivity index (χ3n) is 4.44. The fraction of sp³-hybridized carbons (Fsp3) is 0.143. The number of aromatic nitrogens is 5. The van der Waals surface area contributed by atoms with Crippen LogP contribution in [0.4, 0.5) is 11.1 Å². The molecule has 0 bridgehead atoms. The summed E-state index contributed by atoms with van der Waals surface area (Å²) in [5, 5.41) is 33.3. The maximum atomic E-state index is 12.3. The molecule has 4 aromatic rings. The van der Waals surface area contributed by atoms with Gasteiger partial charge in [0.25, 0.3) is 5.95 Å². The molecule has 2 aromatic heterocycles. The van der Waals surface area contributed by atoms with Crippen LogP contribution in [-0.4, -0.2) is 55.2 Å². The van der Waals surface area contributed by atoms with Gasteiger partial charge in [-0.1, -0.05) is 65.2 Å². The minimum atomic E-state index is -0.273. The van der Waals surface area contributed by atoms with Crippen LogP contribution in [0.5, 0.6) is 11.5 Å². The highest BCUT2D eigenvalue weighted by Gasteiger charge is 2.14. The predicted octanol–water partition coefficient (Wildman–Crippen LogP) is 3.03. The molecule has 0 unspecified atom stereocenters. The molecule has 1 amide bonds. The minimum absolute atomic E-state index is 0.00361. The van der Waals surface area contributed by atoms with Gasteiger partial charge in [0.05, 0.1) is 19.1 Å². The molecule has 15 heteroatoms. The first-order chi connectivity index (χ1) is 17.5. The molecule has 186 valence electrons. The number of methoxy groups -OCH3 is 1. The SMILES string of the molecule is COc1ccc(/C=N/Nc2nnc(SCC(=O)Nc3nnc(SCc4ccccc4)s3)n2N)cc1O. The van der Waals surface area contributed by atoms with E-state index in [4.69, 9.17) is 10.6 Å². The number of aromatic hydroxyl groups is 1. The summed E-state index contributed by atoms with van der Waals surface area (Å²) in [7, 11) is 1.47. The molecular formula is C21H21N9O3S3. The number of hydrogen-bond acceptors (Lipinski definition) is 13. The van der Waals surface area contributed by atoms with Crippen LogP contribution in [0.2, 0.25) is 0 Å². The van der Waals surface area contributed by atoms with E-state index in [1.165, 1.54) is 41.0 Å². The molecule has 36 heavy (non-hydrogen) atoms. The first kappa shape index (κ1) is 25.3. The number of rotatable bonds is 11. The van der Waals surface area contributed by atoms with Crippen molar-refractivity contribution in [2.75, 3.05) is 29.4 Å². The van der Waals surface area contributed by atoms with Crippen molar-refractivity contribution in [2.45, 2.75) is 15.2 Å². The second-order valence-electron chi connectivity index (χ2n) is 6.96. The van der Waals surface area contributed by atoms with Crippen molar-refractivity contribution >= 4 is 58.1 Å². The molecule has 0 saturated heterocycles. The van der Waals surface area contributed by atoms with Crippen molar-refractivity contribution in [3.63, 3.8) is 0 Å². The molecule has 0 aliphatic rings. The summed E-state index contributed by atoms with van der Waals surface area (Å²) in [6.45, 7) is 0. The molecule has 2 aromatic carbocycles. The Hall–Kier alpha value is -3.82. The zero-order chi connectivity index (χ0) is 25.3. The van der Waals surface area contributed by atoms with Gasteiger partial charge in [0, 0.05) is 5.75 Å². The number of phenols is 1. The Bertz CT molecular complexity index is 1340. The van der Waals surface area contributed by atoms with E-state index in [1.807, 2.05) is 30.3 Å². The summed E-state index contributed by atoms with van der Waals surface area (Å²) in [5.74, 6) is 7.08. The molecule has 0 aliphatic carbocycles. The number of ether oxygens (including phenoxy) is 1. The minimum Gasteiger partial charge on any atom is -0.504 e. The van der Waals surface area contributed by atoms with Gasteiger partial charge >= 0.3 is 0 Å². The molecule has 12 nitrogen and oxygen atoms in total. The first-order valence-electron chi connectivity index (χ1n) is 10.3. The Balaban J connectivity index is 1.24. The first-order valence-corrected chi connectivity index (χ1v) is 13.1. The second-order valence-corrected chi connectivity index (χ2v) is 10.1. The molecule has 0 radical (unpaired) electrons. The highest BCUT2D eigenvalue weighted by Crippen LogP contribution is 2.28. The van der Waals surface area contributed by atoms with E-state index in [1.54, 1.807) is 23.9 Å². The van der Waals surface area contributed by atoms with E-state index in [0.29, 0.717) is 21.6 Å². The molecule has 0 saturated carbocycles. The molecular weight excluding hydrogens is 522 g/mol. The molecule has 0 fully saturated rings. The van der Waals surface area contributed by atoms with Crippen LogP contribution in [0.15, 0.2) is 63.1 Å². The standard InChI is InChI=1S/C21H21N9O3S3/c1-33-16-8-7-14(9-15(16)31)10-23-25-18-26-28-20(30(18)22)34-12-17(32)24-19-27-29-21(36-19)35-11-13-5-3-2-4-6-13/h2-10,31H,11-12,22H2,1H3,(H,25,26)(H,24,27,32)/b23-10+. The topological polar surface area (TPSA) is 165 Å². The third kappa shape index (κ3) is 6.87. The lowest BCUT2D eigenvalue weighted by atomic mass is 10.2. The highest BCUT2D eigenvalue weighted by atomic mass is 32.2. The van der Waals surface area contributed by atoms with Gasteiger partial charge in [-0.25, -0.2) is 10.1 Å². The van der Waals surface area contributed by atoms with Crippen molar-refractivity contribution < 1.29 is 14.6 Å². The molecule has 0 aliphatic heterocycles. The number of phenolic OH excluding ortho intramolecular Hbond substituents is 1. The van der Waals surface area contributed by atoms with Crippen LogP contribution in [-0.2, 0) is 10.5 Å². The van der Waals surface area contributed by atoms with Gasteiger partial charge in [0.2, 0.25) is 16.2 Å². The largest absolute Gasteiger partial charge is 0.504 e. The van der Waals surface area contributed by atoms with E-state index in [2.05, 4.69) is 36.2 Å². The van der Waals surface area contributed by atoms with Gasteiger partial charge in [0.1, 0.15) is 0 Å².